The molecule has 3 aliphatic rings. The molecule has 0 saturated carbocycles. The molecule has 0 saturated heterocycles. The number of amides is 1. The van der Waals surface area contributed by atoms with Crippen LogP contribution in [0.2, 0.25) is 0 Å². The van der Waals surface area contributed by atoms with Crippen molar-refractivity contribution in [3.8, 4) is 22.3 Å². The number of carbonyl (C=O) groups is 3. The van der Waals surface area contributed by atoms with Crippen molar-refractivity contribution in [1.82, 2.24) is 0 Å². The summed E-state index contributed by atoms with van der Waals surface area (Å²) in [5.74, 6) is -1.45. The number of hydrogen-bond donors (Lipinski definition) is 4. The Bertz CT molecular complexity index is 2570. The molecule has 58 heavy (non-hydrogen) atoms. The van der Waals surface area contributed by atoms with Crippen molar-refractivity contribution in [2.45, 2.75) is 50.5 Å². The van der Waals surface area contributed by atoms with Gasteiger partial charge in [0.15, 0.2) is 5.78 Å². The zero-order valence-corrected chi connectivity index (χ0v) is 32.0. The van der Waals surface area contributed by atoms with Gasteiger partial charge in [0.05, 0.1) is 23.7 Å². The molecule has 2 aliphatic carbocycles. The van der Waals surface area contributed by atoms with E-state index in [1.807, 2.05) is 91.1 Å². The van der Waals surface area contributed by atoms with Gasteiger partial charge in [-0.25, -0.2) is 0 Å². The van der Waals surface area contributed by atoms with Crippen molar-refractivity contribution in [2.75, 3.05) is 10.6 Å². The molecule has 1 heterocycles. The van der Waals surface area contributed by atoms with Gasteiger partial charge in [-0.05, 0) is 130 Å². The third kappa shape index (κ3) is 7.88. The van der Waals surface area contributed by atoms with E-state index in [2.05, 4.69) is 39.9 Å². The van der Waals surface area contributed by atoms with E-state index in [0.717, 1.165) is 80.7 Å². The fourth-order valence-corrected chi connectivity index (χ4v) is 8.59. The summed E-state index contributed by atoms with van der Waals surface area (Å²) in [6.07, 6.45) is 8.78. The zero-order valence-electron chi connectivity index (χ0n) is 32.0. The first-order valence-corrected chi connectivity index (χ1v) is 19.7. The second kappa shape index (κ2) is 17.1. The van der Waals surface area contributed by atoms with E-state index < -0.39 is 5.97 Å². The Labute approximate surface area is 338 Å². The first-order chi connectivity index (χ1) is 28.4. The van der Waals surface area contributed by atoms with E-state index in [-0.39, 0.29) is 29.9 Å². The van der Waals surface area contributed by atoms with Crippen LogP contribution in [-0.4, -0.2) is 29.0 Å². The van der Waals surface area contributed by atoms with Crippen molar-refractivity contribution in [2.24, 2.45) is 10.7 Å². The Balaban J connectivity index is 0.000000366. The summed E-state index contributed by atoms with van der Waals surface area (Å²) in [5.41, 5.74) is 19.0. The summed E-state index contributed by atoms with van der Waals surface area (Å²) < 4.78 is 0. The zero-order chi connectivity index (χ0) is 40.0. The van der Waals surface area contributed by atoms with Crippen LogP contribution >= 0.6 is 0 Å². The van der Waals surface area contributed by atoms with E-state index in [1.54, 1.807) is 36.5 Å². The number of carbonyl (C=O) groups excluding carboxylic acids is 2. The fourth-order valence-electron chi connectivity index (χ4n) is 8.59. The molecule has 0 aromatic heterocycles. The van der Waals surface area contributed by atoms with Crippen LogP contribution in [0.5, 0.6) is 0 Å². The summed E-state index contributed by atoms with van der Waals surface area (Å²) in [4.78, 5) is 43.8. The first-order valence-electron chi connectivity index (χ1n) is 19.7. The van der Waals surface area contributed by atoms with Gasteiger partial charge < -0.3 is 21.5 Å². The molecule has 8 heteroatoms. The molecule has 6 aromatic rings. The van der Waals surface area contributed by atoms with Crippen LogP contribution < -0.4 is 16.4 Å². The number of fused-ring (bicyclic) bond motifs is 6. The number of carboxylic acids is 1. The number of carboxylic acid groups (broad SMARTS) is 1. The Morgan fingerprint density at radius 3 is 2.31 bits per heavy atom. The van der Waals surface area contributed by atoms with Crippen LogP contribution in [-0.2, 0) is 24.2 Å². The Morgan fingerprint density at radius 1 is 0.776 bits per heavy atom. The van der Waals surface area contributed by atoms with Gasteiger partial charge in [0.2, 0.25) is 0 Å². The molecular weight excluding hydrogens is 721 g/mol. The third-order valence-electron chi connectivity index (χ3n) is 11.3. The van der Waals surface area contributed by atoms with Crippen molar-refractivity contribution in [3.63, 3.8) is 0 Å². The van der Waals surface area contributed by atoms with Gasteiger partial charge >= 0.3 is 5.97 Å². The van der Waals surface area contributed by atoms with Crippen molar-refractivity contribution >= 4 is 40.9 Å². The Hall–Kier alpha value is -6.90. The fraction of sp³-hybridized carbons (Fsp3) is 0.160. The summed E-state index contributed by atoms with van der Waals surface area (Å²) in [6.45, 7) is 0.365. The van der Waals surface area contributed by atoms with Crippen LogP contribution in [0.3, 0.4) is 0 Å². The Kier molecular flexibility index (Phi) is 11.2. The minimum atomic E-state index is -0.797. The van der Waals surface area contributed by atoms with E-state index >= 15 is 0 Å². The van der Waals surface area contributed by atoms with E-state index in [4.69, 9.17) is 5.73 Å². The van der Waals surface area contributed by atoms with Crippen molar-refractivity contribution < 1.29 is 19.5 Å². The minimum absolute atomic E-state index is 0.0242. The maximum Gasteiger partial charge on any atom is 0.303 e. The number of benzene rings is 6. The number of anilines is 2. The summed E-state index contributed by atoms with van der Waals surface area (Å²) in [5, 5.41) is 15.7. The normalized spacial score (nSPS) is 15.8. The van der Waals surface area contributed by atoms with E-state index in [9.17, 15) is 19.5 Å². The van der Waals surface area contributed by atoms with Crippen molar-refractivity contribution in [1.29, 1.82) is 0 Å². The number of ketones is 1. The second-order valence-electron chi connectivity index (χ2n) is 14.8. The van der Waals surface area contributed by atoms with Gasteiger partial charge in [-0.15, -0.1) is 0 Å². The van der Waals surface area contributed by atoms with Gasteiger partial charge in [-0.2, -0.15) is 0 Å². The van der Waals surface area contributed by atoms with Crippen LogP contribution in [0.1, 0.15) is 79.6 Å². The molecule has 0 spiro atoms. The highest BCUT2D eigenvalue weighted by atomic mass is 16.4. The standard InChI is InChI=1S/C41H36N2O4.C9H8N2/c42-24-28-9-2-4-12-31(28)33-13-5-6-14-36(33)41(47)43-29-18-16-25(17-19-29)40(46)37-22-26-8-1-3-11-30(26)35-21-20-32-27(23-38(44)45)10-7-15-34(32)39(35)37;1-2-5-9-8(4-1)10-6-3-7-11-9/h1-6,8-9,11-14,16-21,27,37H,7,10,15,22-24,42H2,(H,43,47)(H,44,45);1-7,10H. The second-order valence-corrected chi connectivity index (χ2v) is 14.8. The molecular formula is C50H44N4O4. The van der Waals surface area contributed by atoms with Crippen LogP contribution in [0.25, 0.3) is 22.3 Å². The van der Waals surface area contributed by atoms with Gasteiger partial charge in [0.25, 0.3) is 5.91 Å². The monoisotopic (exact) mass is 764 g/mol. The molecule has 2 atom stereocenters. The highest BCUT2D eigenvalue weighted by Gasteiger charge is 2.35. The number of nitrogens with one attached hydrogen (secondary N) is 2. The number of Topliss-reactive ketones (excluding diaryl/α,β-unsaturated/α-hetero) is 1. The average Bonchev–Trinajstić information content (AvgIpc) is 3.52. The number of nitrogens with two attached hydrogens (primary N) is 1. The topological polar surface area (TPSA) is 134 Å². The largest absolute Gasteiger partial charge is 0.481 e. The van der Waals surface area contributed by atoms with Gasteiger partial charge in [0, 0.05) is 35.8 Å². The lowest BCUT2D eigenvalue weighted by Gasteiger charge is -2.34. The lowest BCUT2D eigenvalue weighted by atomic mass is 9.69. The number of aliphatic imine (C=N–C) groups is 1. The quantitative estimate of drug-likeness (QED) is 0.114. The molecule has 8 nitrogen and oxygen atoms in total. The summed E-state index contributed by atoms with van der Waals surface area (Å²) >= 11 is 0. The molecule has 1 amide bonds. The van der Waals surface area contributed by atoms with Crippen LogP contribution in [0, 0.1) is 0 Å². The van der Waals surface area contributed by atoms with Crippen LogP contribution in [0.15, 0.2) is 151 Å². The average molecular weight is 765 g/mol. The van der Waals surface area contributed by atoms with Gasteiger partial charge in [0.1, 0.15) is 0 Å². The smallest absolute Gasteiger partial charge is 0.303 e. The Morgan fingerprint density at radius 2 is 1.50 bits per heavy atom. The number of allylic oxidation sites excluding steroid dienone is 1. The molecule has 6 aromatic carbocycles. The number of rotatable bonds is 8. The first kappa shape index (κ1) is 38.0. The molecule has 9 rings (SSSR count). The van der Waals surface area contributed by atoms with E-state index in [1.165, 1.54) is 0 Å². The lowest BCUT2D eigenvalue weighted by Crippen LogP contribution is -2.25. The molecule has 0 fully saturated rings. The number of nitrogens with zero attached hydrogens (tertiary/aromatic N) is 1. The summed E-state index contributed by atoms with van der Waals surface area (Å²) in [6, 6.07) is 42.8. The number of aliphatic carboxylic acids is 1. The van der Waals surface area contributed by atoms with Gasteiger partial charge in [-0.1, -0.05) is 91.0 Å². The SMILES string of the molecule is C1=CNc2ccccc2N=C1.NCc1ccccc1-c1ccccc1C(=O)Nc1ccc(C(=O)C2Cc3ccccc3-c3ccc4c(c32)CCCC4CC(=O)O)cc1. The maximum atomic E-state index is 14.3. The highest BCUT2D eigenvalue weighted by Crippen LogP contribution is 2.47. The molecule has 0 radical (unpaired) electrons. The molecule has 0 bridgehead atoms. The maximum absolute atomic E-state index is 14.3. The van der Waals surface area contributed by atoms with Gasteiger partial charge in [-0.3, -0.25) is 19.4 Å². The number of hydrogen-bond acceptors (Lipinski definition) is 6. The summed E-state index contributed by atoms with van der Waals surface area (Å²) in [7, 11) is 0. The molecule has 2 unspecified atom stereocenters. The molecule has 288 valence electrons. The van der Waals surface area contributed by atoms with Crippen LogP contribution in [0.4, 0.5) is 17.1 Å². The minimum Gasteiger partial charge on any atom is -0.481 e. The number of para-hydroxylation sites is 2. The highest BCUT2D eigenvalue weighted by molar-refractivity contribution is 6.09. The third-order valence-corrected chi connectivity index (χ3v) is 11.3. The lowest BCUT2D eigenvalue weighted by molar-refractivity contribution is -0.137. The predicted octanol–water partition coefficient (Wildman–Crippen LogP) is 10.5. The van der Waals surface area contributed by atoms with E-state index in [0.29, 0.717) is 29.8 Å². The molecule has 5 N–H and O–H groups in total. The predicted molar refractivity (Wildman–Crippen MR) is 232 cm³/mol. The van der Waals surface area contributed by atoms with Crippen molar-refractivity contribution in [3.05, 3.63) is 185 Å². The molecule has 1 aliphatic heterocycles.